The van der Waals surface area contributed by atoms with Crippen molar-refractivity contribution < 1.29 is 14.7 Å². The average molecular weight is 345 g/mol. The number of rotatable bonds is 8. The first-order valence-corrected chi connectivity index (χ1v) is 8.89. The van der Waals surface area contributed by atoms with Gasteiger partial charge >= 0.3 is 5.97 Å². The molecular weight excluding hydrogens is 322 g/mol. The predicted octanol–water partition coefficient (Wildman–Crippen LogP) is 3.50. The minimum absolute atomic E-state index is 0.206. The van der Waals surface area contributed by atoms with Gasteiger partial charge in [-0.15, -0.1) is 11.3 Å². The maximum Gasteiger partial charge on any atom is 0.326 e. The number of aliphatic carboxylic acids is 1. The number of amides is 1. The van der Waals surface area contributed by atoms with E-state index in [1.165, 1.54) is 15.3 Å². The Morgan fingerprint density at radius 1 is 1.21 bits per heavy atom. The third-order valence-electron chi connectivity index (χ3n) is 3.91. The van der Waals surface area contributed by atoms with Gasteiger partial charge in [0, 0.05) is 22.6 Å². The highest BCUT2D eigenvalue weighted by molar-refractivity contribution is 7.12. The summed E-state index contributed by atoms with van der Waals surface area (Å²) in [6.07, 6.45) is 2.21. The van der Waals surface area contributed by atoms with Crippen molar-refractivity contribution in [2.24, 2.45) is 0 Å². The Kier molecular flexibility index (Phi) is 6.55. The highest BCUT2D eigenvalue weighted by atomic mass is 32.1. The van der Waals surface area contributed by atoms with E-state index in [1.54, 1.807) is 11.3 Å². The van der Waals surface area contributed by atoms with Crippen molar-refractivity contribution in [3.8, 4) is 0 Å². The molecule has 1 heterocycles. The SMILES string of the molecule is Cc1cc(CCCC(=O)N[C@H](Cc2ccccc2)C(=O)O)c(C)s1. The normalized spacial score (nSPS) is 11.9. The Morgan fingerprint density at radius 2 is 1.92 bits per heavy atom. The highest BCUT2D eigenvalue weighted by Crippen LogP contribution is 2.22. The lowest BCUT2D eigenvalue weighted by molar-refractivity contribution is -0.141. The summed E-state index contributed by atoms with van der Waals surface area (Å²) in [5, 5.41) is 11.9. The van der Waals surface area contributed by atoms with Crippen molar-refractivity contribution in [1.29, 1.82) is 0 Å². The topological polar surface area (TPSA) is 66.4 Å². The van der Waals surface area contributed by atoms with E-state index < -0.39 is 12.0 Å². The van der Waals surface area contributed by atoms with Crippen LogP contribution in [0.15, 0.2) is 36.4 Å². The van der Waals surface area contributed by atoms with E-state index in [9.17, 15) is 14.7 Å². The molecular formula is C19H23NO3S. The number of carbonyl (C=O) groups is 2. The minimum atomic E-state index is -1.00. The van der Waals surface area contributed by atoms with Crippen LogP contribution in [0.4, 0.5) is 0 Å². The summed E-state index contributed by atoms with van der Waals surface area (Å²) >= 11 is 1.77. The Bertz CT molecular complexity index is 694. The second kappa shape index (κ2) is 8.64. The van der Waals surface area contributed by atoms with E-state index in [-0.39, 0.29) is 5.91 Å². The summed E-state index contributed by atoms with van der Waals surface area (Å²) in [7, 11) is 0. The van der Waals surface area contributed by atoms with Crippen molar-refractivity contribution in [2.75, 3.05) is 0 Å². The van der Waals surface area contributed by atoms with Crippen molar-refractivity contribution in [1.82, 2.24) is 5.32 Å². The first-order chi connectivity index (χ1) is 11.5. The van der Waals surface area contributed by atoms with Crippen LogP contribution in [0.5, 0.6) is 0 Å². The molecule has 128 valence electrons. The van der Waals surface area contributed by atoms with Gasteiger partial charge in [0.15, 0.2) is 0 Å². The molecule has 0 saturated carbocycles. The zero-order chi connectivity index (χ0) is 17.5. The number of hydrogen-bond donors (Lipinski definition) is 2. The molecule has 2 N–H and O–H groups in total. The van der Waals surface area contributed by atoms with Crippen LogP contribution in [-0.2, 0) is 22.4 Å². The fraction of sp³-hybridized carbons (Fsp3) is 0.368. The number of benzene rings is 1. The van der Waals surface area contributed by atoms with E-state index in [0.717, 1.165) is 18.4 Å². The Balaban J connectivity index is 1.82. The second-order valence-electron chi connectivity index (χ2n) is 5.94. The molecule has 0 bridgehead atoms. The van der Waals surface area contributed by atoms with Gasteiger partial charge in [-0.3, -0.25) is 4.79 Å². The van der Waals surface area contributed by atoms with Crippen LogP contribution in [0.3, 0.4) is 0 Å². The third kappa shape index (κ3) is 5.49. The van der Waals surface area contributed by atoms with Crippen LogP contribution in [0.2, 0.25) is 0 Å². The number of aryl methyl sites for hydroxylation is 3. The molecule has 1 amide bonds. The molecule has 2 aromatic rings. The van der Waals surface area contributed by atoms with Gasteiger partial charge in [-0.1, -0.05) is 30.3 Å². The number of carboxylic acids is 1. The number of carbonyl (C=O) groups excluding carboxylic acids is 1. The van der Waals surface area contributed by atoms with Crippen LogP contribution < -0.4 is 5.32 Å². The van der Waals surface area contributed by atoms with Gasteiger partial charge in [0.1, 0.15) is 6.04 Å². The van der Waals surface area contributed by atoms with E-state index in [4.69, 9.17) is 0 Å². The molecule has 24 heavy (non-hydrogen) atoms. The van der Waals surface area contributed by atoms with Gasteiger partial charge in [0.25, 0.3) is 0 Å². The predicted molar refractivity (Wildman–Crippen MR) is 96.4 cm³/mol. The number of thiophene rings is 1. The van der Waals surface area contributed by atoms with E-state index in [1.807, 2.05) is 30.3 Å². The maximum atomic E-state index is 12.1. The van der Waals surface area contributed by atoms with Gasteiger partial charge in [0.2, 0.25) is 5.91 Å². The molecule has 0 fully saturated rings. The maximum absolute atomic E-state index is 12.1. The van der Waals surface area contributed by atoms with Crippen LogP contribution >= 0.6 is 11.3 Å². The van der Waals surface area contributed by atoms with E-state index in [2.05, 4.69) is 25.2 Å². The standard InChI is InChI=1S/C19H23NO3S/c1-13-11-16(14(2)24-13)9-6-10-18(21)20-17(19(22)23)12-15-7-4-3-5-8-15/h3-5,7-8,11,17H,6,9-10,12H2,1-2H3,(H,20,21)(H,22,23)/t17-/m1/s1. The molecule has 0 saturated heterocycles. The van der Waals surface area contributed by atoms with Gasteiger partial charge < -0.3 is 10.4 Å². The third-order valence-corrected chi connectivity index (χ3v) is 4.92. The molecule has 0 unspecified atom stereocenters. The fourth-order valence-corrected chi connectivity index (χ4v) is 3.66. The lowest BCUT2D eigenvalue weighted by Gasteiger charge is -2.14. The summed E-state index contributed by atoms with van der Waals surface area (Å²) in [5.74, 6) is -1.21. The van der Waals surface area contributed by atoms with Gasteiger partial charge in [0.05, 0.1) is 0 Å². The average Bonchev–Trinajstić information content (AvgIpc) is 2.85. The first kappa shape index (κ1) is 18.2. The summed E-state index contributed by atoms with van der Waals surface area (Å²) < 4.78 is 0. The zero-order valence-corrected chi connectivity index (χ0v) is 14.9. The van der Waals surface area contributed by atoms with E-state index in [0.29, 0.717) is 12.8 Å². The minimum Gasteiger partial charge on any atom is -0.480 e. The quantitative estimate of drug-likeness (QED) is 0.769. The second-order valence-corrected chi connectivity index (χ2v) is 7.40. The molecule has 4 nitrogen and oxygen atoms in total. The molecule has 0 aliphatic heterocycles. The van der Waals surface area contributed by atoms with Gasteiger partial charge in [-0.05, 0) is 43.9 Å². The molecule has 1 aromatic carbocycles. The first-order valence-electron chi connectivity index (χ1n) is 8.07. The molecule has 0 radical (unpaired) electrons. The molecule has 0 aliphatic carbocycles. The zero-order valence-electron chi connectivity index (χ0n) is 14.0. The van der Waals surface area contributed by atoms with Crippen LogP contribution in [-0.4, -0.2) is 23.0 Å². The Hall–Kier alpha value is -2.14. The molecule has 1 atom stereocenters. The largest absolute Gasteiger partial charge is 0.480 e. The number of hydrogen-bond acceptors (Lipinski definition) is 3. The molecule has 2 rings (SSSR count). The van der Waals surface area contributed by atoms with Crippen molar-refractivity contribution >= 4 is 23.2 Å². The monoisotopic (exact) mass is 345 g/mol. The highest BCUT2D eigenvalue weighted by Gasteiger charge is 2.20. The number of carboxylic acid groups (broad SMARTS) is 1. The van der Waals surface area contributed by atoms with Gasteiger partial charge in [-0.2, -0.15) is 0 Å². The van der Waals surface area contributed by atoms with Crippen molar-refractivity contribution in [2.45, 2.75) is 45.6 Å². The molecule has 1 aromatic heterocycles. The summed E-state index contributed by atoms with van der Waals surface area (Å²) in [6, 6.07) is 10.6. The van der Waals surface area contributed by atoms with Crippen LogP contribution in [0, 0.1) is 13.8 Å². The molecule has 5 heteroatoms. The van der Waals surface area contributed by atoms with E-state index >= 15 is 0 Å². The molecule has 0 spiro atoms. The number of nitrogens with one attached hydrogen (secondary N) is 1. The lowest BCUT2D eigenvalue weighted by Crippen LogP contribution is -2.42. The molecule has 0 aliphatic rings. The lowest BCUT2D eigenvalue weighted by atomic mass is 10.1. The van der Waals surface area contributed by atoms with Crippen molar-refractivity contribution in [3.63, 3.8) is 0 Å². The summed E-state index contributed by atoms with van der Waals surface area (Å²) in [5.41, 5.74) is 2.18. The van der Waals surface area contributed by atoms with Gasteiger partial charge in [-0.25, -0.2) is 4.79 Å². The smallest absolute Gasteiger partial charge is 0.326 e. The van der Waals surface area contributed by atoms with Crippen LogP contribution in [0.1, 0.15) is 33.7 Å². The van der Waals surface area contributed by atoms with Crippen molar-refractivity contribution in [3.05, 3.63) is 57.3 Å². The summed E-state index contributed by atoms with van der Waals surface area (Å²) in [6.45, 7) is 4.17. The summed E-state index contributed by atoms with van der Waals surface area (Å²) in [4.78, 5) is 26.0. The van der Waals surface area contributed by atoms with Crippen LogP contribution in [0.25, 0.3) is 0 Å². The Labute approximate surface area is 146 Å². The Morgan fingerprint density at radius 3 is 2.50 bits per heavy atom. The fourth-order valence-electron chi connectivity index (χ4n) is 2.69.